The van der Waals surface area contributed by atoms with E-state index in [9.17, 15) is 0 Å². The molecule has 1 aromatic rings. The van der Waals surface area contributed by atoms with Crippen LogP contribution in [0.2, 0.25) is 0 Å². The average molecular weight is 367 g/mol. The van der Waals surface area contributed by atoms with Gasteiger partial charge in [-0.15, -0.1) is 0 Å². The summed E-state index contributed by atoms with van der Waals surface area (Å²) in [7, 11) is 1.82. The molecule has 2 N–H and O–H groups in total. The minimum Gasteiger partial charge on any atom is -0.328 e. The molecule has 1 heterocycles. The molecule has 146 valence electrons. The highest BCUT2D eigenvalue weighted by Crippen LogP contribution is 2.33. The van der Waals surface area contributed by atoms with E-state index in [1.165, 1.54) is 49.2 Å². The second-order valence-corrected chi connectivity index (χ2v) is 8.01. The van der Waals surface area contributed by atoms with Crippen LogP contribution in [0.4, 0.5) is 0 Å². The van der Waals surface area contributed by atoms with Gasteiger partial charge < -0.3 is 10.3 Å². The number of rotatable bonds is 7. The van der Waals surface area contributed by atoms with E-state index >= 15 is 0 Å². The lowest BCUT2D eigenvalue weighted by molar-refractivity contribution is 0.418. The summed E-state index contributed by atoms with van der Waals surface area (Å²) in [4.78, 5) is 9.12. The van der Waals surface area contributed by atoms with Crippen LogP contribution in [0, 0.1) is 0 Å². The van der Waals surface area contributed by atoms with E-state index in [0.29, 0.717) is 5.92 Å². The Morgan fingerprint density at radius 2 is 2.15 bits per heavy atom. The first-order chi connectivity index (χ1) is 13.2. The zero-order chi connectivity index (χ0) is 19.1. The van der Waals surface area contributed by atoms with Crippen LogP contribution in [-0.2, 0) is 6.54 Å². The molecule has 0 bridgehead atoms. The van der Waals surface area contributed by atoms with Crippen LogP contribution < -0.4 is 5.73 Å². The van der Waals surface area contributed by atoms with Crippen molar-refractivity contribution in [2.75, 3.05) is 7.05 Å². The molecule has 0 aromatic carbocycles. The molecule has 2 aliphatic rings. The quantitative estimate of drug-likeness (QED) is 0.688. The summed E-state index contributed by atoms with van der Waals surface area (Å²) in [6.45, 7) is 2.95. The predicted octanol–water partition coefficient (Wildman–Crippen LogP) is 5.03. The van der Waals surface area contributed by atoms with Gasteiger partial charge in [0.15, 0.2) is 0 Å². The highest BCUT2D eigenvalue weighted by molar-refractivity contribution is 5.85. The van der Waals surface area contributed by atoms with E-state index in [0.717, 1.165) is 31.4 Å². The normalized spacial score (nSPS) is 20.3. The van der Waals surface area contributed by atoms with Crippen molar-refractivity contribution < 1.29 is 0 Å². The standard InChI is InChI=1S/C23H34N4/c1-18(24)13-20(15-25-2)14-22-16-26-23(21-11-7-4-8-12-21)27(22)17-19-9-5-3-6-10-19/h5,9-10,14-16,18,21H,3-4,6-8,11-13,17,24H2,1-2H3/b20-14-,25-15-. The number of imidazole rings is 1. The number of hydrogen-bond acceptors (Lipinski definition) is 3. The average Bonchev–Trinajstić information content (AvgIpc) is 3.05. The maximum absolute atomic E-state index is 6.04. The molecule has 4 heteroatoms. The Bertz CT molecular complexity index is 728. The van der Waals surface area contributed by atoms with Crippen molar-refractivity contribution >= 4 is 12.3 Å². The maximum atomic E-state index is 6.04. The molecule has 1 unspecified atom stereocenters. The molecular formula is C23H34N4. The lowest BCUT2D eigenvalue weighted by Crippen LogP contribution is -2.16. The fraction of sp³-hybridized carbons (Fsp3) is 0.565. The first kappa shape index (κ1) is 19.8. The zero-order valence-corrected chi connectivity index (χ0v) is 16.9. The van der Waals surface area contributed by atoms with Crippen molar-refractivity contribution in [3.05, 3.63) is 47.1 Å². The van der Waals surface area contributed by atoms with Gasteiger partial charge in [0.25, 0.3) is 0 Å². The maximum Gasteiger partial charge on any atom is 0.112 e. The Morgan fingerprint density at radius 3 is 2.81 bits per heavy atom. The molecule has 0 aliphatic heterocycles. The SMILES string of the molecule is C/N=C\C(=C/c1cnc(C2CCCCC2)n1CC1=CCCC=C1)CC(C)N. The van der Waals surface area contributed by atoms with E-state index in [-0.39, 0.29) is 6.04 Å². The molecule has 4 nitrogen and oxygen atoms in total. The Hall–Kier alpha value is -1.94. The Kier molecular flexibility index (Phi) is 7.22. The van der Waals surface area contributed by atoms with E-state index < -0.39 is 0 Å². The third-order valence-electron chi connectivity index (χ3n) is 5.49. The number of nitrogens with zero attached hydrogens (tertiary/aromatic N) is 3. The molecular weight excluding hydrogens is 332 g/mol. The van der Waals surface area contributed by atoms with Crippen molar-refractivity contribution in [2.24, 2.45) is 10.7 Å². The number of allylic oxidation sites excluding steroid dienone is 4. The molecule has 1 atom stereocenters. The number of nitrogens with two attached hydrogens (primary N) is 1. The summed E-state index contributed by atoms with van der Waals surface area (Å²) in [6, 6.07) is 0.118. The fourth-order valence-corrected chi connectivity index (χ4v) is 4.22. The van der Waals surface area contributed by atoms with E-state index in [2.05, 4.69) is 33.9 Å². The van der Waals surface area contributed by atoms with Crippen molar-refractivity contribution in [3.8, 4) is 0 Å². The minimum absolute atomic E-state index is 0.118. The van der Waals surface area contributed by atoms with Crippen LogP contribution in [0.15, 0.2) is 40.6 Å². The Balaban J connectivity index is 1.95. The molecule has 1 fully saturated rings. The molecule has 3 rings (SSSR count). The first-order valence-electron chi connectivity index (χ1n) is 10.5. The van der Waals surface area contributed by atoms with Crippen LogP contribution >= 0.6 is 0 Å². The van der Waals surface area contributed by atoms with E-state index in [1.54, 1.807) is 0 Å². The molecule has 0 radical (unpaired) electrons. The first-order valence-corrected chi connectivity index (χ1v) is 10.5. The lowest BCUT2D eigenvalue weighted by atomic mass is 9.88. The van der Waals surface area contributed by atoms with Gasteiger partial charge in [-0.1, -0.05) is 37.5 Å². The van der Waals surface area contributed by atoms with Gasteiger partial charge in [0, 0.05) is 31.8 Å². The summed E-state index contributed by atoms with van der Waals surface area (Å²) in [5.74, 6) is 1.85. The summed E-state index contributed by atoms with van der Waals surface area (Å²) in [6.07, 6.45) is 22.8. The van der Waals surface area contributed by atoms with E-state index in [4.69, 9.17) is 10.7 Å². The smallest absolute Gasteiger partial charge is 0.112 e. The zero-order valence-electron chi connectivity index (χ0n) is 16.9. The topological polar surface area (TPSA) is 56.2 Å². The van der Waals surface area contributed by atoms with Crippen LogP contribution in [0.5, 0.6) is 0 Å². The monoisotopic (exact) mass is 366 g/mol. The van der Waals surface area contributed by atoms with Crippen LogP contribution in [0.1, 0.15) is 75.7 Å². The summed E-state index contributed by atoms with van der Waals surface area (Å²) < 4.78 is 2.43. The molecule has 0 saturated heterocycles. The predicted molar refractivity (Wildman–Crippen MR) is 115 cm³/mol. The summed E-state index contributed by atoms with van der Waals surface area (Å²) >= 11 is 0. The van der Waals surface area contributed by atoms with Gasteiger partial charge in [-0.3, -0.25) is 4.99 Å². The van der Waals surface area contributed by atoms with Gasteiger partial charge in [-0.2, -0.15) is 0 Å². The van der Waals surface area contributed by atoms with Crippen molar-refractivity contribution in [1.82, 2.24) is 9.55 Å². The van der Waals surface area contributed by atoms with Crippen LogP contribution in [-0.4, -0.2) is 28.9 Å². The Labute approximate surface area is 164 Å². The molecule has 2 aliphatic carbocycles. The number of hydrogen-bond donors (Lipinski definition) is 1. The molecule has 1 saturated carbocycles. The highest BCUT2D eigenvalue weighted by Gasteiger charge is 2.22. The second-order valence-electron chi connectivity index (χ2n) is 8.01. The lowest BCUT2D eigenvalue weighted by Gasteiger charge is -2.23. The Morgan fingerprint density at radius 1 is 1.33 bits per heavy atom. The van der Waals surface area contributed by atoms with Crippen LogP contribution in [0.3, 0.4) is 0 Å². The van der Waals surface area contributed by atoms with Gasteiger partial charge in [-0.05, 0) is 56.3 Å². The molecule has 27 heavy (non-hydrogen) atoms. The van der Waals surface area contributed by atoms with Gasteiger partial charge in [0.05, 0.1) is 11.9 Å². The third-order valence-corrected chi connectivity index (χ3v) is 5.49. The number of aliphatic imine (C=N–C) groups is 1. The number of aromatic nitrogens is 2. The van der Waals surface area contributed by atoms with Gasteiger partial charge in [0.1, 0.15) is 5.82 Å². The van der Waals surface area contributed by atoms with Gasteiger partial charge in [-0.25, -0.2) is 4.98 Å². The van der Waals surface area contributed by atoms with Crippen molar-refractivity contribution in [3.63, 3.8) is 0 Å². The largest absolute Gasteiger partial charge is 0.328 e. The fourth-order valence-electron chi connectivity index (χ4n) is 4.22. The van der Waals surface area contributed by atoms with E-state index in [1.807, 2.05) is 26.4 Å². The molecule has 0 spiro atoms. The van der Waals surface area contributed by atoms with Gasteiger partial charge in [0.2, 0.25) is 0 Å². The molecule has 0 amide bonds. The summed E-state index contributed by atoms with van der Waals surface area (Å²) in [5, 5.41) is 0. The second kappa shape index (κ2) is 9.84. The minimum atomic E-state index is 0.118. The summed E-state index contributed by atoms with van der Waals surface area (Å²) in [5.41, 5.74) is 9.77. The highest BCUT2D eigenvalue weighted by atomic mass is 15.1. The third kappa shape index (κ3) is 5.52. The van der Waals surface area contributed by atoms with Gasteiger partial charge >= 0.3 is 0 Å². The van der Waals surface area contributed by atoms with Crippen molar-refractivity contribution in [2.45, 2.75) is 76.8 Å². The molecule has 1 aromatic heterocycles. The van der Waals surface area contributed by atoms with Crippen LogP contribution in [0.25, 0.3) is 6.08 Å². The van der Waals surface area contributed by atoms with Crippen molar-refractivity contribution in [1.29, 1.82) is 0 Å².